The molecule has 1 aliphatic rings. The van der Waals surface area contributed by atoms with Crippen LogP contribution in [0, 0.1) is 11.3 Å². The van der Waals surface area contributed by atoms with Crippen LogP contribution in [-0.4, -0.2) is 51.5 Å². The van der Waals surface area contributed by atoms with Gasteiger partial charge in [0.2, 0.25) is 24.2 Å². The maximum Gasteiger partial charge on any atom is 0.250 e. The van der Waals surface area contributed by atoms with Gasteiger partial charge in [-0.25, -0.2) is 8.42 Å². The quantitative estimate of drug-likeness (QED) is 0.169. The van der Waals surface area contributed by atoms with E-state index in [2.05, 4.69) is 39.9 Å². The average molecular weight is 656 g/mol. The second-order valence-electron chi connectivity index (χ2n) is 13.3. The molecule has 0 saturated carbocycles. The number of nitriles is 1. The standard InChI is InChI=1S/C36H41N3O5SSi/c1-36(2,3)46(5,6)44-34-13-8-7-12-29(34)25-39(33-18-19-38(35(33)40)24-27-11-9-10-26(20-27)23-37)45(41,42)32-17-15-28-14-16-31(43-4)21-30(28)22-32/h7-17,20-22,33H,18-19,24-25H2,1-6H3/t33-/m0/s1. The summed E-state index contributed by atoms with van der Waals surface area (Å²) in [6.07, 6.45) is 0.336. The number of rotatable bonds is 10. The molecule has 4 aromatic rings. The molecule has 0 N–H and O–H groups in total. The van der Waals surface area contributed by atoms with Gasteiger partial charge in [0.25, 0.3) is 0 Å². The van der Waals surface area contributed by atoms with Crippen molar-refractivity contribution in [3.8, 4) is 17.6 Å². The summed E-state index contributed by atoms with van der Waals surface area (Å²) in [5, 5.41) is 10.9. The number of likely N-dealkylation sites (tertiary alicyclic amines) is 1. The topological polar surface area (TPSA) is 99.9 Å². The molecule has 1 saturated heterocycles. The SMILES string of the molecule is COc1ccc2ccc(S(=O)(=O)N(Cc3ccccc3O[Si](C)(C)C(C)(C)C)[C@H]3CCN(Cc4cccc(C#N)c4)C3=O)cc2c1. The van der Waals surface area contributed by atoms with Gasteiger partial charge in [0, 0.05) is 25.2 Å². The van der Waals surface area contributed by atoms with Crippen molar-refractivity contribution in [2.75, 3.05) is 13.7 Å². The molecule has 1 heterocycles. The normalized spacial score (nSPS) is 15.7. The van der Waals surface area contributed by atoms with Crippen LogP contribution in [0.3, 0.4) is 0 Å². The van der Waals surface area contributed by atoms with Gasteiger partial charge in [-0.15, -0.1) is 0 Å². The third-order valence-electron chi connectivity index (χ3n) is 9.14. The fraction of sp³-hybridized carbons (Fsp3) is 0.333. The molecule has 0 unspecified atom stereocenters. The molecule has 0 radical (unpaired) electrons. The van der Waals surface area contributed by atoms with Crippen LogP contribution in [0.5, 0.6) is 11.5 Å². The molecule has 5 rings (SSSR count). The number of carbonyl (C=O) groups excluding carboxylic acids is 1. The first-order valence-corrected chi connectivity index (χ1v) is 19.7. The number of amides is 1. The van der Waals surface area contributed by atoms with E-state index in [1.165, 1.54) is 4.31 Å². The minimum atomic E-state index is -4.16. The lowest BCUT2D eigenvalue weighted by Gasteiger charge is -2.37. The summed E-state index contributed by atoms with van der Waals surface area (Å²) in [6.45, 7) is 11.4. The first-order valence-electron chi connectivity index (χ1n) is 15.4. The second kappa shape index (κ2) is 12.9. The van der Waals surface area contributed by atoms with Gasteiger partial charge in [-0.2, -0.15) is 9.57 Å². The fourth-order valence-corrected chi connectivity index (χ4v) is 8.11. The van der Waals surface area contributed by atoms with Crippen LogP contribution in [-0.2, 0) is 27.9 Å². The summed E-state index contributed by atoms with van der Waals surface area (Å²) in [6, 6.07) is 26.4. The first kappa shape index (κ1) is 33.2. The van der Waals surface area contributed by atoms with Crippen molar-refractivity contribution >= 4 is 35.0 Å². The van der Waals surface area contributed by atoms with E-state index in [4.69, 9.17) is 9.16 Å². The largest absolute Gasteiger partial charge is 0.543 e. The maximum atomic E-state index is 14.6. The number of nitrogens with zero attached hydrogens (tertiary/aromatic N) is 3. The Morgan fingerprint density at radius 1 is 0.978 bits per heavy atom. The molecule has 0 aliphatic carbocycles. The summed E-state index contributed by atoms with van der Waals surface area (Å²) in [4.78, 5) is 15.8. The number of sulfonamides is 1. The molecule has 4 aromatic carbocycles. The zero-order valence-corrected chi connectivity index (χ0v) is 29.1. The Kier molecular flexibility index (Phi) is 9.32. The van der Waals surface area contributed by atoms with Gasteiger partial charge in [-0.1, -0.05) is 63.2 Å². The van der Waals surface area contributed by atoms with Gasteiger partial charge in [-0.3, -0.25) is 4.79 Å². The van der Waals surface area contributed by atoms with Gasteiger partial charge in [0.15, 0.2) is 0 Å². The van der Waals surface area contributed by atoms with Crippen LogP contribution in [0.15, 0.2) is 89.8 Å². The van der Waals surface area contributed by atoms with Gasteiger partial charge in [0.05, 0.1) is 23.6 Å². The van der Waals surface area contributed by atoms with Gasteiger partial charge < -0.3 is 14.1 Å². The Labute approximate surface area is 273 Å². The highest BCUT2D eigenvalue weighted by atomic mass is 32.2. The van der Waals surface area contributed by atoms with E-state index in [0.29, 0.717) is 42.1 Å². The molecule has 8 nitrogen and oxygen atoms in total. The number of benzene rings is 4. The molecule has 1 amide bonds. The van der Waals surface area contributed by atoms with Crippen molar-refractivity contribution in [1.82, 2.24) is 9.21 Å². The lowest BCUT2D eigenvalue weighted by atomic mass is 10.1. The molecule has 0 aromatic heterocycles. The number of methoxy groups -OCH3 is 1. The van der Waals surface area contributed by atoms with E-state index in [-0.39, 0.29) is 22.4 Å². The van der Waals surface area contributed by atoms with E-state index >= 15 is 0 Å². The van der Waals surface area contributed by atoms with E-state index in [0.717, 1.165) is 16.3 Å². The Morgan fingerprint density at radius 3 is 2.43 bits per heavy atom. The molecule has 1 aliphatic heterocycles. The summed E-state index contributed by atoms with van der Waals surface area (Å²) in [5.41, 5.74) is 2.03. The summed E-state index contributed by atoms with van der Waals surface area (Å²) in [5.74, 6) is 0.988. The van der Waals surface area contributed by atoms with Crippen molar-refractivity contribution in [3.05, 3.63) is 102 Å². The fourth-order valence-electron chi connectivity index (χ4n) is 5.42. The average Bonchev–Trinajstić information content (AvgIpc) is 3.37. The van der Waals surface area contributed by atoms with Crippen molar-refractivity contribution in [1.29, 1.82) is 5.26 Å². The van der Waals surface area contributed by atoms with Gasteiger partial charge >= 0.3 is 0 Å². The number of carbonyl (C=O) groups is 1. The number of para-hydroxylation sites is 1. The highest BCUT2D eigenvalue weighted by molar-refractivity contribution is 7.89. The van der Waals surface area contributed by atoms with Crippen LogP contribution in [0.25, 0.3) is 10.8 Å². The Hall–Kier alpha value is -4.17. The van der Waals surface area contributed by atoms with E-state index in [9.17, 15) is 18.5 Å². The van der Waals surface area contributed by atoms with E-state index in [1.807, 2.05) is 42.5 Å². The summed E-state index contributed by atoms with van der Waals surface area (Å²) < 4.78 is 42.7. The predicted molar refractivity (Wildman–Crippen MR) is 182 cm³/mol. The zero-order chi connectivity index (χ0) is 33.3. The van der Waals surface area contributed by atoms with E-state index in [1.54, 1.807) is 54.5 Å². The lowest BCUT2D eigenvalue weighted by Crippen LogP contribution is -2.46. The molecule has 1 atom stereocenters. The molecular weight excluding hydrogens is 615 g/mol. The zero-order valence-electron chi connectivity index (χ0n) is 27.3. The molecule has 1 fully saturated rings. The smallest absolute Gasteiger partial charge is 0.250 e. The monoisotopic (exact) mass is 655 g/mol. The first-order chi connectivity index (χ1) is 21.7. The van der Waals surface area contributed by atoms with Crippen LogP contribution < -0.4 is 9.16 Å². The number of fused-ring (bicyclic) bond motifs is 1. The highest BCUT2D eigenvalue weighted by Crippen LogP contribution is 2.39. The Morgan fingerprint density at radius 2 is 1.72 bits per heavy atom. The Bertz CT molecular complexity index is 1910. The lowest BCUT2D eigenvalue weighted by molar-refractivity contribution is -0.131. The van der Waals surface area contributed by atoms with Crippen molar-refractivity contribution in [2.45, 2.75) is 69.4 Å². The third-order valence-corrected chi connectivity index (χ3v) is 15.3. The summed E-state index contributed by atoms with van der Waals surface area (Å²) >= 11 is 0. The molecule has 0 spiro atoms. The van der Waals surface area contributed by atoms with Crippen LogP contribution in [0.4, 0.5) is 0 Å². The minimum Gasteiger partial charge on any atom is -0.543 e. The summed E-state index contributed by atoms with van der Waals surface area (Å²) in [7, 11) is -4.86. The predicted octanol–water partition coefficient (Wildman–Crippen LogP) is 7.10. The highest BCUT2D eigenvalue weighted by Gasteiger charge is 2.43. The number of hydrogen-bond donors (Lipinski definition) is 0. The second-order valence-corrected chi connectivity index (χ2v) is 19.9. The van der Waals surface area contributed by atoms with Gasteiger partial charge in [0.1, 0.15) is 17.5 Å². The van der Waals surface area contributed by atoms with Crippen molar-refractivity contribution < 1.29 is 22.4 Å². The molecule has 240 valence electrons. The van der Waals surface area contributed by atoms with Crippen LogP contribution >= 0.6 is 0 Å². The van der Waals surface area contributed by atoms with Crippen molar-refractivity contribution in [2.24, 2.45) is 0 Å². The van der Waals surface area contributed by atoms with Crippen molar-refractivity contribution in [3.63, 3.8) is 0 Å². The molecule has 10 heteroatoms. The van der Waals surface area contributed by atoms with Crippen LogP contribution in [0.1, 0.15) is 43.9 Å². The third kappa shape index (κ3) is 6.82. The maximum absolute atomic E-state index is 14.6. The molecular formula is C36H41N3O5SSi. The number of hydrogen-bond acceptors (Lipinski definition) is 6. The molecule has 46 heavy (non-hydrogen) atoms. The van der Waals surface area contributed by atoms with Crippen LogP contribution in [0.2, 0.25) is 18.1 Å². The Balaban J connectivity index is 1.55. The minimum absolute atomic E-state index is 0.0303. The van der Waals surface area contributed by atoms with E-state index < -0.39 is 24.4 Å². The van der Waals surface area contributed by atoms with Gasteiger partial charge in [-0.05, 0) is 83.4 Å². The number of ether oxygens (including phenoxy) is 1. The molecule has 0 bridgehead atoms.